The Morgan fingerprint density at radius 2 is 2.00 bits per heavy atom. The number of nitrogens with zero attached hydrogens (tertiary/aromatic N) is 1. The van der Waals surface area contributed by atoms with E-state index in [1.165, 1.54) is 0 Å². The van der Waals surface area contributed by atoms with E-state index in [0.29, 0.717) is 29.7 Å². The molecule has 3 atom stereocenters. The van der Waals surface area contributed by atoms with Crippen LogP contribution in [0.15, 0.2) is 38.8 Å². The normalized spacial score (nSPS) is 20.3. The number of ether oxygens (including phenoxy) is 1. The maximum Gasteiger partial charge on any atom is 0.449 e. The number of sulfone groups is 1. The van der Waals surface area contributed by atoms with E-state index >= 15 is 0 Å². The molecule has 1 aliphatic rings. The van der Waals surface area contributed by atoms with Crippen LogP contribution < -0.4 is 10.0 Å². The highest BCUT2D eigenvalue weighted by Gasteiger charge is 2.40. The van der Waals surface area contributed by atoms with Crippen molar-refractivity contribution in [2.24, 2.45) is 0 Å². The third-order valence-electron chi connectivity index (χ3n) is 4.95. The maximum absolute atomic E-state index is 12.7. The first-order chi connectivity index (χ1) is 15.6. The standard InChI is InChI=1S/C19H25N3O8S3/c1-3-20-16-7-12(2)33(27,28)18-15(16)9-17(31-18)32(26)21-19(23)29-10-13-5-4-6-14(8-13)11-30-22(24)25/h4-6,8-9,12,16,20,24-25H,3,7,10-11H2,1-2H3,(H,21,23)/t12?,16-,32?/m0/s1. The minimum Gasteiger partial charge on any atom is -0.587 e. The van der Waals surface area contributed by atoms with Gasteiger partial charge in [0, 0.05) is 17.7 Å². The molecule has 2 heterocycles. The lowest BCUT2D eigenvalue weighted by Crippen LogP contribution is -2.33. The van der Waals surface area contributed by atoms with Crippen LogP contribution in [-0.2, 0) is 44.0 Å². The summed E-state index contributed by atoms with van der Waals surface area (Å²) < 4.78 is 45.8. The molecule has 4 N–H and O–H groups in total. The molecule has 2 unspecified atom stereocenters. The van der Waals surface area contributed by atoms with Gasteiger partial charge < -0.3 is 14.6 Å². The minimum atomic E-state index is -3.52. The molecule has 11 nitrogen and oxygen atoms in total. The van der Waals surface area contributed by atoms with E-state index in [0.717, 1.165) is 11.3 Å². The molecule has 0 spiro atoms. The zero-order valence-electron chi connectivity index (χ0n) is 17.9. The SMILES string of the molecule is CCN[C@H]1CC(C)S(=O)(=O)c2sc([S+]([O-])NC(=O)OCc3cccc(CON(O)O)c3)cc21. The zero-order chi connectivity index (χ0) is 24.2. The Balaban J connectivity index is 1.63. The molecule has 1 aromatic heterocycles. The van der Waals surface area contributed by atoms with E-state index in [2.05, 4.69) is 14.9 Å². The van der Waals surface area contributed by atoms with Crippen LogP contribution in [0.1, 0.15) is 43.0 Å². The minimum absolute atomic E-state index is 0.116. The predicted octanol–water partition coefficient (Wildman–Crippen LogP) is 2.43. The fourth-order valence-corrected chi connectivity index (χ4v) is 8.01. The summed E-state index contributed by atoms with van der Waals surface area (Å²) in [7, 11) is -3.52. The molecule has 182 valence electrons. The number of carbonyl (C=O) groups excluding carboxylic acids is 1. The number of benzene rings is 1. The first kappa shape index (κ1) is 25.9. The van der Waals surface area contributed by atoms with E-state index in [4.69, 9.17) is 15.2 Å². The maximum atomic E-state index is 12.7. The fourth-order valence-electron chi connectivity index (χ4n) is 3.38. The smallest absolute Gasteiger partial charge is 0.449 e. The largest absolute Gasteiger partial charge is 0.587 e. The van der Waals surface area contributed by atoms with Gasteiger partial charge in [-0.3, -0.25) is 10.4 Å². The van der Waals surface area contributed by atoms with E-state index < -0.39 is 37.9 Å². The number of rotatable bonds is 9. The second kappa shape index (κ2) is 11.1. The number of nitrogens with one attached hydrogen (secondary N) is 2. The van der Waals surface area contributed by atoms with E-state index in [-0.39, 0.29) is 27.7 Å². The highest BCUT2D eigenvalue weighted by molar-refractivity contribution is 7.95. The third kappa shape index (κ3) is 6.44. The molecule has 1 amide bonds. The van der Waals surface area contributed by atoms with Crippen LogP contribution in [-0.4, -0.2) is 46.7 Å². The second-order valence-electron chi connectivity index (χ2n) is 7.30. The van der Waals surface area contributed by atoms with Crippen molar-refractivity contribution < 1.29 is 37.8 Å². The number of hydrogen-bond acceptors (Lipinski definition) is 11. The zero-order valence-corrected chi connectivity index (χ0v) is 20.3. The quantitative estimate of drug-likeness (QED) is 0.286. The van der Waals surface area contributed by atoms with Gasteiger partial charge in [0.1, 0.15) is 22.2 Å². The molecule has 1 aliphatic heterocycles. The first-order valence-electron chi connectivity index (χ1n) is 9.96. The predicted molar refractivity (Wildman–Crippen MR) is 118 cm³/mol. The molecule has 0 fully saturated rings. The van der Waals surface area contributed by atoms with Crippen LogP contribution >= 0.6 is 11.3 Å². The molecule has 3 rings (SSSR count). The Morgan fingerprint density at radius 1 is 1.30 bits per heavy atom. The molecule has 0 aliphatic carbocycles. The van der Waals surface area contributed by atoms with Crippen molar-refractivity contribution in [3.63, 3.8) is 0 Å². The topological polar surface area (TPSA) is 160 Å². The molecule has 14 heteroatoms. The van der Waals surface area contributed by atoms with Crippen molar-refractivity contribution in [3.05, 3.63) is 47.0 Å². The number of thiophene rings is 1. The summed E-state index contributed by atoms with van der Waals surface area (Å²) >= 11 is -1.10. The molecule has 2 aromatic rings. The third-order valence-corrected chi connectivity index (χ3v) is 10.2. The lowest BCUT2D eigenvalue weighted by Gasteiger charge is -2.27. The Morgan fingerprint density at radius 3 is 2.67 bits per heavy atom. The molecule has 0 bridgehead atoms. The molecule has 0 radical (unpaired) electrons. The van der Waals surface area contributed by atoms with Gasteiger partial charge in [0.05, 0.1) is 17.2 Å². The summed E-state index contributed by atoms with van der Waals surface area (Å²) in [5.74, 6) is 0. The Bertz CT molecular complexity index is 1080. The number of carbonyl (C=O) groups is 1. The molecule has 1 aromatic carbocycles. The van der Waals surface area contributed by atoms with Crippen molar-refractivity contribution in [1.29, 1.82) is 0 Å². The van der Waals surface area contributed by atoms with Crippen LogP contribution in [0.3, 0.4) is 0 Å². The molecular formula is C19H25N3O8S3. The highest BCUT2D eigenvalue weighted by Crippen LogP contribution is 2.42. The van der Waals surface area contributed by atoms with Gasteiger partial charge in [-0.05, 0) is 31.0 Å². The Labute approximate surface area is 198 Å². The van der Waals surface area contributed by atoms with Crippen molar-refractivity contribution in [3.8, 4) is 0 Å². The number of amides is 1. The van der Waals surface area contributed by atoms with Crippen molar-refractivity contribution >= 4 is 38.6 Å². The fraction of sp³-hybridized carbons (Fsp3) is 0.421. The lowest BCUT2D eigenvalue weighted by atomic mass is 10.1. The molecule has 0 saturated carbocycles. The summed E-state index contributed by atoms with van der Waals surface area (Å²) in [6, 6.07) is 8.05. The average molecular weight is 520 g/mol. The number of hydrogen-bond donors (Lipinski definition) is 4. The second-order valence-corrected chi connectivity index (χ2v) is 12.4. The van der Waals surface area contributed by atoms with Crippen LogP contribution in [0.4, 0.5) is 4.79 Å². The highest BCUT2D eigenvalue weighted by atomic mass is 32.3. The van der Waals surface area contributed by atoms with Gasteiger partial charge in [-0.15, -0.1) is 4.72 Å². The number of fused-ring (bicyclic) bond motifs is 1. The van der Waals surface area contributed by atoms with Gasteiger partial charge in [0.2, 0.25) is 4.21 Å². The van der Waals surface area contributed by atoms with Crippen LogP contribution in [0.25, 0.3) is 0 Å². The van der Waals surface area contributed by atoms with Gasteiger partial charge in [-0.1, -0.05) is 42.5 Å². The Kier molecular flexibility index (Phi) is 8.71. The van der Waals surface area contributed by atoms with E-state index in [9.17, 15) is 17.8 Å². The van der Waals surface area contributed by atoms with Gasteiger partial charge in [0.25, 0.3) is 0 Å². The van der Waals surface area contributed by atoms with Crippen LogP contribution in [0.2, 0.25) is 0 Å². The summed E-state index contributed by atoms with van der Waals surface area (Å²) in [6.07, 6.45) is -0.516. The van der Waals surface area contributed by atoms with E-state index in [1.807, 2.05) is 6.92 Å². The Hall–Kier alpha value is -1.75. The summed E-state index contributed by atoms with van der Waals surface area (Å²) in [5, 5.41) is 19.5. The summed E-state index contributed by atoms with van der Waals surface area (Å²) in [4.78, 5) is 16.7. The monoisotopic (exact) mass is 519 g/mol. The van der Waals surface area contributed by atoms with Crippen LogP contribution in [0, 0.1) is 0 Å². The summed E-state index contributed by atoms with van der Waals surface area (Å²) in [5.41, 5.74) is 1.77. The van der Waals surface area contributed by atoms with Crippen molar-refractivity contribution in [2.75, 3.05) is 6.54 Å². The molecular weight excluding hydrogens is 494 g/mol. The lowest BCUT2D eigenvalue weighted by molar-refractivity contribution is -0.497. The molecule has 33 heavy (non-hydrogen) atoms. The van der Waals surface area contributed by atoms with Gasteiger partial charge in [0.15, 0.2) is 9.84 Å². The van der Waals surface area contributed by atoms with E-state index in [1.54, 1.807) is 37.3 Å². The van der Waals surface area contributed by atoms with Gasteiger partial charge in [-0.2, -0.15) is 0 Å². The van der Waals surface area contributed by atoms with Crippen LogP contribution in [0.5, 0.6) is 0 Å². The first-order valence-corrected chi connectivity index (χ1v) is 13.5. The summed E-state index contributed by atoms with van der Waals surface area (Å²) in [6.45, 7) is 3.98. The van der Waals surface area contributed by atoms with Gasteiger partial charge >= 0.3 is 6.09 Å². The van der Waals surface area contributed by atoms with Gasteiger partial charge in [-0.25, -0.2) is 18.0 Å². The average Bonchev–Trinajstić information content (AvgIpc) is 3.22. The van der Waals surface area contributed by atoms with Crippen molar-refractivity contribution in [1.82, 2.24) is 15.4 Å². The molecule has 0 saturated heterocycles. The van der Waals surface area contributed by atoms with Crippen molar-refractivity contribution in [2.45, 2.75) is 53.2 Å².